The van der Waals surface area contributed by atoms with Crippen molar-refractivity contribution in [2.45, 2.75) is 6.61 Å². The maximum Gasteiger partial charge on any atom is 0.323 e. The van der Waals surface area contributed by atoms with Crippen LogP contribution in [-0.4, -0.2) is 18.9 Å². The fourth-order valence-electron chi connectivity index (χ4n) is 1.17. The highest BCUT2D eigenvalue weighted by Crippen LogP contribution is 2.15. The molecule has 0 bridgehead atoms. The standard InChI is InChI=1S/C10H13N3O3/c1-16-6-7-4-2-3-5-8(7)12-9(14)10(15)13-11/h2-5H,6,11H2,1H3,(H,12,14)(H,13,15). The Morgan fingerprint density at radius 3 is 2.62 bits per heavy atom. The lowest BCUT2D eigenvalue weighted by atomic mass is 10.2. The molecule has 0 saturated carbocycles. The van der Waals surface area contributed by atoms with Gasteiger partial charge in [0.15, 0.2) is 0 Å². The fourth-order valence-corrected chi connectivity index (χ4v) is 1.17. The Kier molecular flexibility index (Phi) is 4.43. The van der Waals surface area contributed by atoms with Gasteiger partial charge in [-0.15, -0.1) is 0 Å². The molecular formula is C10H13N3O3. The van der Waals surface area contributed by atoms with Gasteiger partial charge < -0.3 is 10.1 Å². The first-order valence-electron chi connectivity index (χ1n) is 4.57. The summed E-state index contributed by atoms with van der Waals surface area (Å²) >= 11 is 0. The van der Waals surface area contributed by atoms with Crippen molar-refractivity contribution in [2.24, 2.45) is 5.84 Å². The summed E-state index contributed by atoms with van der Waals surface area (Å²) in [6.45, 7) is 0.348. The molecule has 4 N–H and O–H groups in total. The van der Waals surface area contributed by atoms with E-state index < -0.39 is 11.8 Å². The molecule has 1 aromatic carbocycles. The highest BCUT2D eigenvalue weighted by molar-refractivity contribution is 6.39. The SMILES string of the molecule is COCc1ccccc1NC(=O)C(=O)NN. The topological polar surface area (TPSA) is 93.4 Å². The molecule has 0 heterocycles. The van der Waals surface area contributed by atoms with Crippen molar-refractivity contribution >= 4 is 17.5 Å². The van der Waals surface area contributed by atoms with Crippen LogP contribution in [0.15, 0.2) is 24.3 Å². The Morgan fingerprint density at radius 1 is 1.31 bits per heavy atom. The van der Waals surface area contributed by atoms with Gasteiger partial charge in [-0.05, 0) is 6.07 Å². The number of anilines is 1. The zero-order valence-corrected chi connectivity index (χ0v) is 8.82. The molecule has 0 aromatic heterocycles. The quantitative estimate of drug-likeness (QED) is 0.285. The van der Waals surface area contributed by atoms with E-state index in [-0.39, 0.29) is 0 Å². The lowest BCUT2D eigenvalue weighted by molar-refractivity contribution is -0.136. The van der Waals surface area contributed by atoms with Gasteiger partial charge in [0.25, 0.3) is 0 Å². The van der Waals surface area contributed by atoms with Gasteiger partial charge in [-0.3, -0.25) is 15.0 Å². The molecule has 1 aromatic rings. The average Bonchev–Trinajstić information content (AvgIpc) is 2.31. The average molecular weight is 223 g/mol. The van der Waals surface area contributed by atoms with Crippen molar-refractivity contribution in [3.63, 3.8) is 0 Å². The van der Waals surface area contributed by atoms with Crippen molar-refractivity contribution in [1.82, 2.24) is 5.43 Å². The molecule has 0 saturated heterocycles. The number of ether oxygens (including phenoxy) is 1. The summed E-state index contributed by atoms with van der Waals surface area (Å²) in [4.78, 5) is 22.2. The molecule has 6 heteroatoms. The number of benzene rings is 1. The van der Waals surface area contributed by atoms with Crippen molar-refractivity contribution in [1.29, 1.82) is 0 Å². The van der Waals surface area contributed by atoms with Crippen LogP contribution in [0.1, 0.15) is 5.56 Å². The van der Waals surface area contributed by atoms with Crippen LogP contribution >= 0.6 is 0 Å². The van der Waals surface area contributed by atoms with Crippen LogP contribution in [0.5, 0.6) is 0 Å². The molecule has 0 aliphatic carbocycles. The minimum Gasteiger partial charge on any atom is -0.380 e. The maximum absolute atomic E-state index is 11.3. The molecular weight excluding hydrogens is 210 g/mol. The first-order valence-corrected chi connectivity index (χ1v) is 4.57. The number of carbonyl (C=O) groups excluding carboxylic acids is 2. The largest absolute Gasteiger partial charge is 0.380 e. The van der Waals surface area contributed by atoms with Gasteiger partial charge in [0.2, 0.25) is 0 Å². The molecule has 0 aliphatic rings. The Hall–Kier alpha value is -1.92. The molecule has 0 spiro atoms. The fraction of sp³-hybridized carbons (Fsp3) is 0.200. The zero-order valence-electron chi connectivity index (χ0n) is 8.82. The predicted octanol–water partition coefficient (Wildman–Crippen LogP) is -0.239. The third-order valence-corrected chi connectivity index (χ3v) is 1.90. The van der Waals surface area contributed by atoms with E-state index in [9.17, 15) is 9.59 Å². The summed E-state index contributed by atoms with van der Waals surface area (Å²) in [7, 11) is 1.55. The molecule has 1 rings (SSSR count). The lowest BCUT2D eigenvalue weighted by Gasteiger charge is -2.09. The second kappa shape index (κ2) is 5.84. The molecule has 2 amide bonds. The van der Waals surface area contributed by atoms with E-state index in [2.05, 4.69) is 5.32 Å². The second-order valence-electron chi connectivity index (χ2n) is 3.02. The van der Waals surface area contributed by atoms with Crippen molar-refractivity contribution < 1.29 is 14.3 Å². The summed E-state index contributed by atoms with van der Waals surface area (Å²) in [5.41, 5.74) is 3.06. The second-order valence-corrected chi connectivity index (χ2v) is 3.02. The number of amides is 2. The number of carbonyl (C=O) groups is 2. The normalized spacial score (nSPS) is 9.62. The zero-order chi connectivity index (χ0) is 12.0. The molecule has 0 atom stereocenters. The summed E-state index contributed by atoms with van der Waals surface area (Å²) in [5, 5.41) is 2.44. The molecule has 0 fully saturated rings. The van der Waals surface area contributed by atoms with Crippen LogP contribution < -0.4 is 16.6 Å². The third-order valence-electron chi connectivity index (χ3n) is 1.90. The number of nitrogens with two attached hydrogens (primary N) is 1. The van der Waals surface area contributed by atoms with Crippen molar-refractivity contribution in [2.75, 3.05) is 12.4 Å². The smallest absolute Gasteiger partial charge is 0.323 e. The van der Waals surface area contributed by atoms with Crippen LogP contribution in [0, 0.1) is 0 Å². The van der Waals surface area contributed by atoms with E-state index in [1.165, 1.54) is 0 Å². The Labute approximate surface area is 92.7 Å². The van der Waals surface area contributed by atoms with Crippen LogP contribution in [0.25, 0.3) is 0 Å². The Balaban J connectivity index is 2.80. The number of hydrazine groups is 1. The Bertz CT molecular complexity index is 393. The number of para-hydroxylation sites is 1. The van der Waals surface area contributed by atoms with Crippen molar-refractivity contribution in [3.8, 4) is 0 Å². The van der Waals surface area contributed by atoms with E-state index in [1.807, 2.05) is 6.07 Å². The number of hydrogen-bond donors (Lipinski definition) is 3. The van der Waals surface area contributed by atoms with Gasteiger partial charge >= 0.3 is 11.8 Å². The van der Waals surface area contributed by atoms with E-state index in [4.69, 9.17) is 10.6 Å². The number of methoxy groups -OCH3 is 1. The summed E-state index contributed by atoms with van der Waals surface area (Å²) in [5.74, 6) is 3.13. The van der Waals surface area contributed by atoms with Gasteiger partial charge in [0.1, 0.15) is 0 Å². The summed E-state index contributed by atoms with van der Waals surface area (Å²) in [6.07, 6.45) is 0. The van der Waals surface area contributed by atoms with Crippen LogP contribution in [0.4, 0.5) is 5.69 Å². The van der Waals surface area contributed by atoms with Gasteiger partial charge in [-0.25, -0.2) is 5.84 Å². The molecule has 86 valence electrons. The van der Waals surface area contributed by atoms with E-state index in [0.717, 1.165) is 5.56 Å². The minimum absolute atomic E-state index is 0.348. The summed E-state index contributed by atoms with van der Waals surface area (Å²) in [6, 6.07) is 7.03. The lowest BCUT2D eigenvalue weighted by Crippen LogP contribution is -2.39. The molecule has 0 unspecified atom stereocenters. The monoisotopic (exact) mass is 223 g/mol. The highest BCUT2D eigenvalue weighted by atomic mass is 16.5. The number of nitrogens with one attached hydrogen (secondary N) is 2. The third kappa shape index (κ3) is 3.04. The van der Waals surface area contributed by atoms with Gasteiger partial charge in [-0.2, -0.15) is 0 Å². The first-order chi connectivity index (χ1) is 7.69. The van der Waals surface area contributed by atoms with E-state index in [1.54, 1.807) is 30.7 Å². The van der Waals surface area contributed by atoms with Crippen LogP contribution in [-0.2, 0) is 20.9 Å². The van der Waals surface area contributed by atoms with Gasteiger partial charge in [-0.1, -0.05) is 18.2 Å². The molecule has 0 radical (unpaired) electrons. The van der Waals surface area contributed by atoms with Crippen LogP contribution in [0.3, 0.4) is 0 Å². The molecule has 0 aliphatic heterocycles. The highest BCUT2D eigenvalue weighted by Gasteiger charge is 2.13. The van der Waals surface area contributed by atoms with Crippen molar-refractivity contribution in [3.05, 3.63) is 29.8 Å². The van der Waals surface area contributed by atoms with Gasteiger partial charge in [0, 0.05) is 18.4 Å². The molecule has 16 heavy (non-hydrogen) atoms. The summed E-state index contributed by atoms with van der Waals surface area (Å²) < 4.78 is 4.96. The van der Waals surface area contributed by atoms with E-state index >= 15 is 0 Å². The maximum atomic E-state index is 11.3. The number of rotatable bonds is 3. The predicted molar refractivity (Wildman–Crippen MR) is 58.1 cm³/mol. The molecule has 6 nitrogen and oxygen atoms in total. The first kappa shape index (κ1) is 12.2. The Morgan fingerprint density at radius 2 is 2.00 bits per heavy atom. The van der Waals surface area contributed by atoms with Gasteiger partial charge in [0.05, 0.1) is 6.61 Å². The van der Waals surface area contributed by atoms with Crippen LogP contribution in [0.2, 0.25) is 0 Å². The van der Waals surface area contributed by atoms with E-state index in [0.29, 0.717) is 12.3 Å². The number of hydrogen-bond acceptors (Lipinski definition) is 4. The minimum atomic E-state index is -0.896.